The molecule has 0 fully saturated rings. The molecule has 0 rings (SSSR count). The van der Waals surface area contributed by atoms with Crippen LogP contribution < -0.4 is 0 Å². The summed E-state index contributed by atoms with van der Waals surface area (Å²) in [7, 11) is 0. The molecule has 0 saturated carbocycles. The lowest BCUT2D eigenvalue weighted by atomic mass is 10.2. The predicted octanol–water partition coefficient (Wildman–Crippen LogP) is 1.83. The van der Waals surface area contributed by atoms with Gasteiger partial charge in [0.1, 0.15) is 11.9 Å². The van der Waals surface area contributed by atoms with Crippen LogP contribution in [0.4, 0.5) is 4.79 Å². The van der Waals surface area contributed by atoms with Gasteiger partial charge in [-0.1, -0.05) is 6.92 Å². The Kier molecular flexibility index (Phi) is 5.20. The van der Waals surface area contributed by atoms with Crippen LogP contribution in [0.3, 0.4) is 0 Å². The van der Waals surface area contributed by atoms with Crippen molar-refractivity contribution < 1.29 is 14.3 Å². The summed E-state index contributed by atoms with van der Waals surface area (Å²) in [4.78, 5) is 23.2. The average Bonchev–Trinajstić information content (AvgIpc) is 2.01. The SMILES string of the molecule is CCCN(CC=O)C(=O)OC(C)(C)C. The van der Waals surface area contributed by atoms with Crippen LogP contribution in [-0.2, 0) is 9.53 Å². The number of rotatable bonds is 4. The molecule has 0 spiro atoms. The van der Waals surface area contributed by atoms with Gasteiger partial charge in [0.05, 0.1) is 6.54 Å². The lowest BCUT2D eigenvalue weighted by Crippen LogP contribution is -2.38. The fourth-order valence-corrected chi connectivity index (χ4v) is 0.943. The Morgan fingerprint density at radius 3 is 2.36 bits per heavy atom. The van der Waals surface area contributed by atoms with E-state index in [-0.39, 0.29) is 6.54 Å². The van der Waals surface area contributed by atoms with Gasteiger partial charge in [-0.05, 0) is 27.2 Å². The van der Waals surface area contributed by atoms with Crippen molar-refractivity contribution in [2.75, 3.05) is 13.1 Å². The fourth-order valence-electron chi connectivity index (χ4n) is 0.943. The molecule has 1 amide bonds. The van der Waals surface area contributed by atoms with Crippen LogP contribution in [0.2, 0.25) is 0 Å². The van der Waals surface area contributed by atoms with Crippen molar-refractivity contribution in [1.82, 2.24) is 4.90 Å². The van der Waals surface area contributed by atoms with E-state index in [9.17, 15) is 9.59 Å². The fraction of sp³-hybridized carbons (Fsp3) is 0.800. The van der Waals surface area contributed by atoms with Crippen LogP contribution in [0, 0.1) is 0 Å². The molecule has 0 N–H and O–H groups in total. The first-order valence-electron chi connectivity index (χ1n) is 4.82. The molecule has 0 aliphatic carbocycles. The first-order chi connectivity index (χ1) is 6.40. The highest BCUT2D eigenvalue weighted by atomic mass is 16.6. The number of hydrogen-bond donors (Lipinski definition) is 0. The molecule has 0 aromatic carbocycles. The van der Waals surface area contributed by atoms with E-state index in [4.69, 9.17) is 4.74 Å². The van der Waals surface area contributed by atoms with Crippen molar-refractivity contribution in [3.63, 3.8) is 0 Å². The van der Waals surface area contributed by atoms with Crippen LogP contribution in [0.15, 0.2) is 0 Å². The highest BCUT2D eigenvalue weighted by Crippen LogP contribution is 2.09. The second-order valence-electron chi connectivity index (χ2n) is 4.09. The normalized spacial score (nSPS) is 10.9. The number of nitrogens with zero attached hydrogens (tertiary/aromatic N) is 1. The zero-order valence-electron chi connectivity index (χ0n) is 9.37. The van der Waals surface area contributed by atoms with Gasteiger partial charge < -0.3 is 14.4 Å². The van der Waals surface area contributed by atoms with Gasteiger partial charge in [0.25, 0.3) is 0 Å². The van der Waals surface area contributed by atoms with Crippen molar-refractivity contribution in [3.05, 3.63) is 0 Å². The van der Waals surface area contributed by atoms with Gasteiger partial charge in [-0.25, -0.2) is 4.79 Å². The van der Waals surface area contributed by atoms with Gasteiger partial charge >= 0.3 is 6.09 Å². The maximum absolute atomic E-state index is 11.5. The third kappa shape index (κ3) is 5.56. The largest absolute Gasteiger partial charge is 0.444 e. The molecule has 0 unspecified atom stereocenters. The standard InChI is InChI=1S/C10H19NO3/c1-5-6-11(7-8-12)9(13)14-10(2,3)4/h8H,5-7H2,1-4H3. The van der Waals surface area contributed by atoms with Crippen LogP contribution >= 0.6 is 0 Å². The summed E-state index contributed by atoms with van der Waals surface area (Å²) < 4.78 is 5.13. The van der Waals surface area contributed by atoms with E-state index in [1.807, 2.05) is 6.92 Å². The van der Waals surface area contributed by atoms with Crippen molar-refractivity contribution in [1.29, 1.82) is 0 Å². The first-order valence-corrected chi connectivity index (χ1v) is 4.82. The molecule has 0 radical (unpaired) electrons. The summed E-state index contributed by atoms with van der Waals surface area (Å²) in [5.74, 6) is 0. The van der Waals surface area contributed by atoms with Crippen LogP contribution in [0.1, 0.15) is 34.1 Å². The van der Waals surface area contributed by atoms with Crippen molar-refractivity contribution in [2.45, 2.75) is 39.7 Å². The molecule has 0 saturated heterocycles. The Morgan fingerprint density at radius 1 is 1.43 bits per heavy atom. The van der Waals surface area contributed by atoms with Gasteiger partial charge in [0.15, 0.2) is 0 Å². The minimum Gasteiger partial charge on any atom is -0.444 e. The average molecular weight is 201 g/mol. The van der Waals surface area contributed by atoms with E-state index in [0.29, 0.717) is 12.8 Å². The Bertz CT molecular complexity index is 196. The summed E-state index contributed by atoms with van der Waals surface area (Å²) in [6, 6.07) is 0. The van der Waals surface area contributed by atoms with Gasteiger partial charge in [0.2, 0.25) is 0 Å². The summed E-state index contributed by atoms with van der Waals surface area (Å²) in [6.45, 7) is 8.00. The van der Waals surface area contributed by atoms with E-state index in [1.165, 1.54) is 4.90 Å². The molecule has 82 valence electrons. The first kappa shape index (κ1) is 12.9. The maximum Gasteiger partial charge on any atom is 0.410 e. The molecule has 0 aromatic heterocycles. The number of amides is 1. The topological polar surface area (TPSA) is 46.6 Å². The Balaban J connectivity index is 4.21. The molecular weight excluding hydrogens is 182 g/mol. The molecule has 0 atom stereocenters. The zero-order chi connectivity index (χ0) is 11.2. The number of hydrogen-bond acceptors (Lipinski definition) is 3. The second kappa shape index (κ2) is 5.62. The lowest BCUT2D eigenvalue weighted by molar-refractivity contribution is -0.109. The summed E-state index contributed by atoms with van der Waals surface area (Å²) in [5, 5.41) is 0. The monoisotopic (exact) mass is 201 g/mol. The van der Waals surface area contributed by atoms with Crippen molar-refractivity contribution in [3.8, 4) is 0 Å². The summed E-state index contributed by atoms with van der Waals surface area (Å²) in [6.07, 6.45) is 1.10. The number of ether oxygens (including phenoxy) is 1. The quantitative estimate of drug-likeness (QED) is 0.652. The predicted molar refractivity (Wildman–Crippen MR) is 54.2 cm³/mol. The summed E-state index contributed by atoms with van der Waals surface area (Å²) >= 11 is 0. The maximum atomic E-state index is 11.5. The van der Waals surface area contributed by atoms with Gasteiger partial charge in [0, 0.05) is 6.54 Å². The number of carbonyl (C=O) groups is 2. The van der Waals surface area contributed by atoms with E-state index in [0.717, 1.165) is 6.42 Å². The third-order valence-corrected chi connectivity index (χ3v) is 1.44. The number of aldehydes is 1. The number of carbonyl (C=O) groups excluding carboxylic acids is 2. The molecule has 4 nitrogen and oxygen atoms in total. The molecule has 4 heteroatoms. The molecular formula is C10H19NO3. The van der Waals surface area contributed by atoms with E-state index in [2.05, 4.69) is 0 Å². The Morgan fingerprint density at radius 2 is 2.00 bits per heavy atom. The summed E-state index contributed by atoms with van der Waals surface area (Å²) in [5.41, 5.74) is -0.508. The van der Waals surface area contributed by atoms with Gasteiger partial charge in [-0.3, -0.25) is 0 Å². The molecule has 0 aliphatic heterocycles. The van der Waals surface area contributed by atoms with E-state index >= 15 is 0 Å². The van der Waals surface area contributed by atoms with Gasteiger partial charge in [-0.2, -0.15) is 0 Å². The van der Waals surface area contributed by atoms with Crippen molar-refractivity contribution >= 4 is 12.4 Å². The van der Waals surface area contributed by atoms with Crippen molar-refractivity contribution in [2.24, 2.45) is 0 Å². The zero-order valence-corrected chi connectivity index (χ0v) is 9.37. The minimum atomic E-state index is -0.508. The molecule has 14 heavy (non-hydrogen) atoms. The van der Waals surface area contributed by atoms with Crippen LogP contribution in [-0.4, -0.2) is 36.0 Å². The van der Waals surface area contributed by atoms with Gasteiger partial charge in [-0.15, -0.1) is 0 Å². The highest BCUT2D eigenvalue weighted by molar-refractivity contribution is 5.71. The highest BCUT2D eigenvalue weighted by Gasteiger charge is 2.20. The third-order valence-electron chi connectivity index (χ3n) is 1.44. The van der Waals surface area contributed by atoms with Crippen LogP contribution in [0.25, 0.3) is 0 Å². The van der Waals surface area contributed by atoms with Crippen LogP contribution in [0.5, 0.6) is 0 Å². The second-order valence-corrected chi connectivity index (χ2v) is 4.09. The molecule has 0 bridgehead atoms. The smallest absolute Gasteiger partial charge is 0.410 e. The molecule has 0 heterocycles. The van der Waals surface area contributed by atoms with E-state index in [1.54, 1.807) is 20.8 Å². The molecule has 0 aliphatic rings. The Labute approximate surface area is 85.2 Å². The molecule has 0 aromatic rings. The van der Waals surface area contributed by atoms with E-state index < -0.39 is 11.7 Å². The Hall–Kier alpha value is -1.06. The minimum absolute atomic E-state index is 0.1000. The lowest BCUT2D eigenvalue weighted by Gasteiger charge is -2.25.